The van der Waals surface area contributed by atoms with Gasteiger partial charge in [0.05, 0.1) is 10.2 Å². The molecule has 1 saturated carbocycles. The summed E-state index contributed by atoms with van der Waals surface area (Å²) in [6.45, 7) is 2.05. The van der Waals surface area contributed by atoms with Crippen LogP contribution in [0.15, 0.2) is 77.7 Å². The maximum absolute atomic E-state index is 13.5. The third kappa shape index (κ3) is 5.97. The number of carbonyl (C=O) groups excluding carboxylic acids is 2. The lowest BCUT2D eigenvalue weighted by Gasteiger charge is -2.21. The number of fused-ring (bicyclic) bond motifs is 1. The van der Waals surface area contributed by atoms with E-state index in [0.29, 0.717) is 5.13 Å². The Labute approximate surface area is 219 Å². The zero-order valence-electron chi connectivity index (χ0n) is 20.2. The number of aryl methyl sites for hydroxylation is 1. The maximum atomic E-state index is 13.5. The van der Waals surface area contributed by atoms with Crippen LogP contribution < -0.4 is 10.6 Å². The zero-order chi connectivity index (χ0) is 24.9. The van der Waals surface area contributed by atoms with Gasteiger partial charge >= 0.3 is 0 Å². The summed E-state index contributed by atoms with van der Waals surface area (Å²) in [4.78, 5) is 31.8. The van der Waals surface area contributed by atoms with Crippen LogP contribution in [0.1, 0.15) is 48.5 Å². The van der Waals surface area contributed by atoms with Gasteiger partial charge in [-0.1, -0.05) is 73.1 Å². The molecule has 1 atom stereocenters. The molecule has 1 aliphatic carbocycles. The summed E-state index contributed by atoms with van der Waals surface area (Å²) in [5, 5.41) is 6.25. The highest BCUT2D eigenvalue weighted by Gasteiger charge is 2.24. The molecule has 0 spiro atoms. The number of aromatic nitrogens is 1. The molecule has 7 heteroatoms. The summed E-state index contributed by atoms with van der Waals surface area (Å²) >= 11 is 2.95. The number of nitrogens with zero attached hydrogens (tertiary/aromatic N) is 1. The number of hydrogen-bond acceptors (Lipinski definition) is 5. The van der Waals surface area contributed by atoms with Gasteiger partial charge in [0.1, 0.15) is 5.25 Å². The summed E-state index contributed by atoms with van der Waals surface area (Å²) in [5.74, 6) is 0.0643. The Bertz CT molecular complexity index is 1360. The van der Waals surface area contributed by atoms with Gasteiger partial charge in [-0.15, -0.1) is 11.8 Å². The Hall–Kier alpha value is -3.16. The third-order valence-electron chi connectivity index (χ3n) is 6.45. The Kier molecular flexibility index (Phi) is 7.68. The largest absolute Gasteiger partial charge is 0.326 e. The smallest absolute Gasteiger partial charge is 0.244 e. The normalized spacial score (nSPS) is 14.9. The zero-order valence-corrected chi connectivity index (χ0v) is 21.8. The van der Waals surface area contributed by atoms with Crippen molar-refractivity contribution in [2.24, 2.45) is 5.92 Å². The summed E-state index contributed by atoms with van der Waals surface area (Å²) in [6, 6.07) is 23.6. The minimum absolute atomic E-state index is 0.0931. The summed E-state index contributed by atoms with van der Waals surface area (Å²) in [6.07, 6.45) is 5.38. The van der Waals surface area contributed by atoms with E-state index in [1.54, 1.807) is 0 Å². The molecule has 0 bridgehead atoms. The average Bonchev–Trinajstić information content (AvgIpc) is 3.29. The van der Waals surface area contributed by atoms with E-state index in [-0.39, 0.29) is 17.7 Å². The number of hydrogen-bond donors (Lipinski definition) is 2. The SMILES string of the molecule is Cc1ccc2nc(NC(=O)C(Sc3cccc(NC(=O)C4CCCCC4)c3)c3ccccc3)sc2c1. The highest BCUT2D eigenvalue weighted by molar-refractivity contribution is 8.00. The van der Waals surface area contributed by atoms with E-state index in [4.69, 9.17) is 0 Å². The monoisotopic (exact) mass is 515 g/mol. The minimum Gasteiger partial charge on any atom is -0.326 e. The van der Waals surface area contributed by atoms with Crippen LogP contribution in [0.2, 0.25) is 0 Å². The van der Waals surface area contributed by atoms with Gasteiger partial charge in [-0.25, -0.2) is 4.98 Å². The Morgan fingerprint density at radius 2 is 1.75 bits per heavy atom. The van der Waals surface area contributed by atoms with Crippen molar-refractivity contribution in [2.45, 2.75) is 49.2 Å². The number of benzene rings is 3. The molecule has 0 saturated heterocycles. The second kappa shape index (κ2) is 11.3. The fraction of sp³-hybridized carbons (Fsp3) is 0.276. The Morgan fingerprint density at radius 3 is 2.56 bits per heavy atom. The molecule has 5 rings (SSSR count). The first kappa shape index (κ1) is 24.5. The molecule has 4 aromatic rings. The molecular formula is C29H29N3O2S2. The number of rotatable bonds is 7. The quantitative estimate of drug-likeness (QED) is 0.249. The molecule has 3 aromatic carbocycles. The molecule has 36 heavy (non-hydrogen) atoms. The average molecular weight is 516 g/mol. The predicted molar refractivity (Wildman–Crippen MR) is 150 cm³/mol. The number of carbonyl (C=O) groups is 2. The summed E-state index contributed by atoms with van der Waals surface area (Å²) in [5.41, 5.74) is 3.72. The lowest BCUT2D eigenvalue weighted by Crippen LogP contribution is -2.24. The standard InChI is InChI=1S/C29H29N3O2S2/c1-19-15-16-24-25(17-19)36-29(31-24)32-28(34)26(20-9-4-2-5-10-20)35-23-14-8-13-22(18-23)30-27(33)21-11-6-3-7-12-21/h2,4-5,8-10,13-18,21,26H,3,6-7,11-12H2,1H3,(H,30,33)(H,31,32,34). The Morgan fingerprint density at radius 1 is 0.944 bits per heavy atom. The fourth-order valence-electron chi connectivity index (χ4n) is 4.55. The van der Waals surface area contributed by atoms with Crippen molar-refractivity contribution in [3.05, 3.63) is 83.9 Å². The van der Waals surface area contributed by atoms with Gasteiger partial charge in [0.2, 0.25) is 11.8 Å². The minimum atomic E-state index is -0.468. The summed E-state index contributed by atoms with van der Waals surface area (Å²) < 4.78 is 1.05. The van der Waals surface area contributed by atoms with Crippen molar-refractivity contribution in [2.75, 3.05) is 10.6 Å². The first-order valence-corrected chi connectivity index (χ1v) is 14.1. The maximum Gasteiger partial charge on any atom is 0.244 e. The van der Waals surface area contributed by atoms with Crippen LogP contribution in [0.3, 0.4) is 0 Å². The number of amides is 2. The van der Waals surface area contributed by atoms with Crippen LogP contribution in [0.4, 0.5) is 10.8 Å². The third-order valence-corrected chi connectivity index (χ3v) is 8.63. The van der Waals surface area contributed by atoms with E-state index in [1.807, 2.05) is 73.7 Å². The molecule has 0 radical (unpaired) electrons. The van der Waals surface area contributed by atoms with Gasteiger partial charge in [0.25, 0.3) is 0 Å². The van der Waals surface area contributed by atoms with Gasteiger partial charge in [-0.2, -0.15) is 0 Å². The molecule has 5 nitrogen and oxygen atoms in total. The van der Waals surface area contributed by atoms with Crippen molar-refractivity contribution in [3.8, 4) is 0 Å². The van der Waals surface area contributed by atoms with Gasteiger partial charge in [-0.05, 0) is 61.2 Å². The molecule has 1 fully saturated rings. The highest BCUT2D eigenvalue weighted by atomic mass is 32.2. The lowest BCUT2D eigenvalue weighted by atomic mass is 9.88. The lowest BCUT2D eigenvalue weighted by molar-refractivity contribution is -0.120. The molecular weight excluding hydrogens is 486 g/mol. The first-order valence-electron chi connectivity index (χ1n) is 12.4. The molecule has 2 amide bonds. The molecule has 1 unspecified atom stereocenters. The van der Waals surface area contributed by atoms with Crippen molar-refractivity contribution in [1.29, 1.82) is 0 Å². The van der Waals surface area contributed by atoms with E-state index >= 15 is 0 Å². The van der Waals surface area contributed by atoms with Crippen LogP contribution in [-0.4, -0.2) is 16.8 Å². The molecule has 184 valence electrons. The van der Waals surface area contributed by atoms with Crippen molar-refractivity contribution >= 4 is 55.9 Å². The fourth-order valence-corrected chi connectivity index (χ4v) is 6.60. The first-order chi connectivity index (χ1) is 17.5. The van der Waals surface area contributed by atoms with Crippen LogP contribution in [0.25, 0.3) is 10.2 Å². The van der Waals surface area contributed by atoms with Crippen LogP contribution in [0, 0.1) is 12.8 Å². The van der Waals surface area contributed by atoms with Crippen LogP contribution >= 0.6 is 23.1 Å². The molecule has 1 heterocycles. The Balaban J connectivity index is 1.34. The van der Waals surface area contributed by atoms with Crippen molar-refractivity contribution in [3.63, 3.8) is 0 Å². The van der Waals surface area contributed by atoms with Gasteiger partial charge in [0.15, 0.2) is 5.13 Å². The van der Waals surface area contributed by atoms with Gasteiger partial charge in [-0.3, -0.25) is 9.59 Å². The molecule has 1 aliphatic rings. The highest BCUT2D eigenvalue weighted by Crippen LogP contribution is 2.38. The number of thiazole rings is 1. The second-order valence-electron chi connectivity index (χ2n) is 9.24. The van der Waals surface area contributed by atoms with Crippen LogP contribution in [-0.2, 0) is 9.59 Å². The number of thioether (sulfide) groups is 1. The number of anilines is 2. The van der Waals surface area contributed by atoms with E-state index in [9.17, 15) is 9.59 Å². The predicted octanol–water partition coefficient (Wildman–Crippen LogP) is 7.60. The summed E-state index contributed by atoms with van der Waals surface area (Å²) in [7, 11) is 0. The molecule has 0 aliphatic heterocycles. The van der Waals surface area contributed by atoms with Gasteiger partial charge in [0, 0.05) is 16.5 Å². The van der Waals surface area contributed by atoms with Crippen molar-refractivity contribution < 1.29 is 9.59 Å². The van der Waals surface area contributed by atoms with E-state index in [0.717, 1.165) is 57.6 Å². The van der Waals surface area contributed by atoms with Gasteiger partial charge < -0.3 is 10.6 Å². The molecule has 2 N–H and O–H groups in total. The second-order valence-corrected chi connectivity index (χ2v) is 11.4. The molecule has 1 aromatic heterocycles. The van der Waals surface area contributed by atoms with Crippen molar-refractivity contribution in [1.82, 2.24) is 4.98 Å². The van der Waals surface area contributed by atoms with E-state index < -0.39 is 5.25 Å². The van der Waals surface area contributed by atoms with E-state index in [1.165, 1.54) is 29.5 Å². The van der Waals surface area contributed by atoms with Crippen LogP contribution in [0.5, 0.6) is 0 Å². The topological polar surface area (TPSA) is 71.1 Å². The van der Waals surface area contributed by atoms with E-state index in [2.05, 4.69) is 21.7 Å². The number of nitrogens with one attached hydrogen (secondary N) is 2.